The lowest BCUT2D eigenvalue weighted by atomic mass is 10.1. The lowest BCUT2D eigenvalue weighted by Gasteiger charge is -2.11. The number of benzene rings is 1. The van der Waals surface area contributed by atoms with Gasteiger partial charge in [0.25, 0.3) is 0 Å². The van der Waals surface area contributed by atoms with Gasteiger partial charge >= 0.3 is 0 Å². The summed E-state index contributed by atoms with van der Waals surface area (Å²) in [6.45, 7) is 5.56. The molecule has 0 heterocycles. The zero-order valence-corrected chi connectivity index (χ0v) is 8.28. The number of rotatable bonds is 3. The van der Waals surface area contributed by atoms with Crippen LogP contribution in [-0.2, 0) is 5.11 Å². The molecule has 2 nitrogen and oxygen atoms in total. The van der Waals surface area contributed by atoms with Gasteiger partial charge in [-0.2, -0.15) is 0 Å². The molecule has 1 radical (unpaired) electrons. The molecule has 1 rings (SSSR count). The van der Waals surface area contributed by atoms with Crippen molar-refractivity contribution in [1.29, 1.82) is 0 Å². The van der Waals surface area contributed by atoms with Crippen molar-refractivity contribution in [3.05, 3.63) is 29.8 Å². The van der Waals surface area contributed by atoms with Crippen LogP contribution in [0.15, 0.2) is 24.3 Å². The van der Waals surface area contributed by atoms with Gasteiger partial charge in [-0.1, -0.05) is 12.1 Å². The van der Waals surface area contributed by atoms with Crippen molar-refractivity contribution < 1.29 is 9.84 Å². The molecule has 2 heteroatoms. The van der Waals surface area contributed by atoms with E-state index < -0.39 is 6.10 Å². The van der Waals surface area contributed by atoms with E-state index in [1.807, 2.05) is 32.0 Å². The van der Waals surface area contributed by atoms with Crippen molar-refractivity contribution in [2.45, 2.75) is 33.0 Å². The van der Waals surface area contributed by atoms with Crippen LogP contribution in [0.4, 0.5) is 0 Å². The maximum absolute atomic E-state index is 11.1. The van der Waals surface area contributed by atoms with Crippen LogP contribution in [0.3, 0.4) is 0 Å². The Morgan fingerprint density at radius 1 is 1.23 bits per heavy atom. The Bertz CT molecular complexity index is 267. The van der Waals surface area contributed by atoms with Crippen LogP contribution in [-0.4, -0.2) is 6.10 Å². The van der Waals surface area contributed by atoms with Crippen LogP contribution in [0, 0.1) is 0 Å². The Kier molecular flexibility index (Phi) is 3.32. The Morgan fingerprint density at radius 3 is 2.46 bits per heavy atom. The van der Waals surface area contributed by atoms with Crippen LogP contribution >= 0.6 is 0 Å². The Balaban J connectivity index is 2.79. The molecule has 0 N–H and O–H groups in total. The van der Waals surface area contributed by atoms with Crippen molar-refractivity contribution in [3.8, 4) is 5.75 Å². The summed E-state index contributed by atoms with van der Waals surface area (Å²) in [5, 5.41) is 11.1. The van der Waals surface area contributed by atoms with Crippen molar-refractivity contribution in [1.82, 2.24) is 0 Å². The van der Waals surface area contributed by atoms with Crippen molar-refractivity contribution in [2.75, 3.05) is 0 Å². The molecule has 0 aliphatic carbocycles. The standard InChI is InChI=1S/C11H15O2/c1-8(2)13-11-6-4-5-10(7-11)9(3)12/h4-9H,1-3H3. The van der Waals surface area contributed by atoms with Crippen LogP contribution in [0.25, 0.3) is 0 Å². The van der Waals surface area contributed by atoms with Gasteiger partial charge < -0.3 is 4.74 Å². The summed E-state index contributed by atoms with van der Waals surface area (Å²) in [6, 6.07) is 7.34. The Labute approximate surface area is 79.2 Å². The normalized spacial score (nSPS) is 13.0. The van der Waals surface area contributed by atoms with Gasteiger partial charge in [0.2, 0.25) is 0 Å². The predicted octanol–water partition coefficient (Wildman–Crippen LogP) is 2.97. The first-order valence-corrected chi connectivity index (χ1v) is 4.52. The molecule has 0 bridgehead atoms. The third-order valence-corrected chi connectivity index (χ3v) is 1.70. The first kappa shape index (κ1) is 10.1. The third kappa shape index (κ3) is 3.07. The maximum Gasteiger partial charge on any atom is 0.120 e. The average molecular weight is 179 g/mol. The molecule has 1 aromatic rings. The minimum atomic E-state index is -0.685. The van der Waals surface area contributed by atoms with E-state index in [4.69, 9.17) is 4.74 Å². The van der Waals surface area contributed by atoms with E-state index in [0.717, 1.165) is 11.3 Å². The zero-order valence-electron chi connectivity index (χ0n) is 8.28. The minimum absolute atomic E-state index is 0.150. The second kappa shape index (κ2) is 4.28. The summed E-state index contributed by atoms with van der Waals surface area (Å²) < 4.78 is 5.47. The first-order valence-electron chi connectivity index (χ1n) is 4.52. The number of ether oxygens (including phenoxy) is 1. The van der Waals surface area contributed by atoms with Gasteiger partial charge in [0.15, 0.2) is 0 Å². The number of hydrogen-bond acceptors (Lipinski definition) is 1. The SMILES string of the molecule is CC(C)Oc1cccc(C(C)[O])c1. The predicted molar refractivity (Wildman–Crippen MR) is 51.3 cm³/mol. The molecule has 1 atom stereocenters. The molecule has 0 aliphatic rings. The van der Waals surface area contributed by atoms with E-state index in [1.165, 1.54) is 0 Å². The van der Waals surface area contributed by atoms with E-state index in [2.05, 4.69) is 0 Å². The topological polar surface area (TPSA) is 29.1 Å². The van der Waals surface area contributed by atoms with Gasteiger partial charge in [0.1, 0.15) is 11.9 Å². The largest absolute Gasteiger partial charge is 0.491 e. The monoisotopic (exact) mass is 179 g/mol. The fourth-order valence-electron chi connectivity index (χ4n) is 1.11. The van der Waals surface area contributed by atoms with Crippen LogP contribution in [0.2, 0.25) is 0 Å². The summed E-state index contributed by atoms with van der Waals surface area (Å²) in [6.07, 6.45) is -0.534. The van der Waals surface area contributed by atoms with Gasteiger partial charge in [-0.05, 0) is 38.5 Å². The molecule has 0 aliphatic heterocycles. The zero-order chi connectivity index (χ0) is 9.84. The van der Waals surface area contributed by atoms with Gasteiger partial charge in [0.05, 0.1) is 6.10 Å². The molecular weight excluding hydrogens is 164 g/mol. The van der Waals surface area contributed by atoms with Gasteiger partial charge in [0, 0.05) is 0 Å². The third-order valence-electron chi connectivity index (χ3n) is 1.70. The molecule has 0 saturated carbocycles. The summed E-state index contributed by atoms with van der Waals surface area (Å²) in [7, 11) is 0. The van der Waals surface area contributed by atoms with Crippen LogP contribution in [0.5, 0.6) is 5.75 Å². The first-order chi connectivity index (χ1) is 6.09. The van der Waals surface area contributed by atoms with E-state index in [9.17, 15) is 5.11 Å². The van der Waals surface area contributed by atoms with Gasteiger partial charge in [-0.25, -0.2) is 5.11 Å². The molecule has 0 spiro atoms. The van der Waals surface area contributed by atoms with Gasteiger partial charge in [-0.3, -0.25) is 0 Å². The highest BCUT2D eigenvalue weighted by Crippen LogP contribution is 2.19. The molecule has 13 heavy (non-hydrogen) atoms. The summed E-state index contributed by atoms with van der Waals surface area (Å²) in [4.78, 5) is 0. The second-order valence-electron chi connectivity index (χ2n) is 3.38. The Hall–Kier alpha value is -1.02. The van der Waals surface area contributed by atoms with Crippen molar-refractivity contribution >= 4 is 0 Å². The quantitative estimate of drug-likeness (QED) is 0.701. The smallest absolute Gasteiger partial charge is 0.120 e. The lowest BCUT2D eigenvalue weighted by Crippen LogP contribution is -2.05. The van der Waals surface area contributed by atoms with E-state index >= 15 is 0 Å². The molecule has 1 aromatic carbocycles. The molecule has 1 unspecified atom stereocenters. The lowest BCUT2D eigenvalue weighted by molar-refractivity contribution is 0.106. The van der Waals surface area contributed by atoms with E-state index in [1.54, 1.807) is 13.0 Å². The molecule has 71 valence electrons. The molecular formula is C11H15O2. The van der Waals surface area contributed by atoms with E-state index in [0.29, 0.717) is 0 Å². The van der Waals surface area contributed by atoms with Crippen molar-refractivity contribution in [3.63, 3.8) is 0 Å². The number of hydrogen-bond donors (Lipinski definition) is 0. The van der Waals surface area contributed by atoms with E-state index in [-0.39, 0.29) is 6.10 Å². The Morgan fingerprint density at radius 2 is 1.92 bits per heavy atom. The minimum Gasteiger partial charge on any atom is -0.491 e. The highest BCUT2D eigenvalue weighted by atomic mass is 16.5. The molecule has 0 amide bonds. The molecule has 0 aromatic heterocycles. The second-order valence-corrected chi connectivity index (χ2v) is 3.38. The fourth-order valence-corrected chi connectivity index (χ4v) is 1.11. The van der Waals surface area contributed by atoms with Gasteiger partial charge in [-0.15, -0.1) is 0 Å². The van der Waals surface area contributed by atoms with Crippen LogP contribution in [0.1, 0.15) is 32.4 Å². The van der Waals surface area contributed by atoms with Crippen molar-refractivity contribution in [2.24, 2.45) is 0 Å². The molecule has 0 saturated heterocycles. The average Bonchev–Trinajstić information content (AvgIpc) is 2.03. The highest BCUT2D eigenvalue weighted by molar-refractivity contribution is 5.29. The summed E-state index contributed by atoms with van der Waals surface area (Å²) >= 11 is 0. The fraction of sp³-hybridized carbons (Fsp3) is 0.455. The summed E-state index contributed by atoms with van der Waals surface area (Å²) in [5.74, 6) is 0.773. The maximum atomic E-state index is 11.1. The molecule has 0 fully saturated rings. The summed E-state index contributed by atoms with van der Waals surface area (Å²) in [5.41, 5.74) is 0.776. The van der Waals surface area contributed by atoms with Crippen LogP contribution < -0.4 is 4.74 Å². The highest BCUT2D eigenvalue weighted by Gasteiger charge is 2.04.